The van der Waals surface area contributed by atoms with Gasteiger partial charge in [-0.1, -0.05) is 6.07 Å². The molecule has 0 radical (unpaired) electrons. The molecule has 0 aliphatic rings. The quantitative estimate of drug-likeness (QED) is 0.842. The van der Waals surface area contributed by atoms with Crippen LogP contribution in [0, 0.1) is 5.82 Å². The lowest BCUT2D eigenvalue weighted by Crippen LogP contribution is -2.12. The molecule has 0 saturated heterocycles. The number of anilines is 1. The highest BCUT2D eigenvalue weighted by Crippen LogP contribution is 2.17. The molecule has 0 aliphatic heterocycles. The molecule has 0 unspecified atom stereocenters. The Kier molecular flexibility index (Phi) is 3.75. The third-order valence-corrected chi connectivity index (χ3v) is 3.81. The van der Waals surface area contributed by atoms with Gasteiger partial charge in [0.25, 0.3) is 10.0 Å². The molecule has 0 atom stereocenters. The molecule has 0 aliphatic carbocycles. The van der Waals surface area contributed by atoms with Crippen molar-refractivity contribution in [3.8, 4) is 0 Å². The number of aromatic nitrogens is 1. The van der Waals surface area contributed by atoms with Crippen LogP contribution in [0.2, 0.25) is 0 Å². The molecule has 2 N–H and O–H groups in total. The Bertz CT molecular complexity index is 739. The molecule has 0 bridgehead atoms. The number of sulfonamides is 1. The standard InChI is InChI=1S/C12H11FN2O4S/c1-19-12(16)11-6-10(7-14-11)20(17,18)15-9-4-2-3-8(13)5-9/h2-7,14-15H,1H3. The van der Waals surface area contributed by atoms with Crippen LogP contribution in [0.25, 0.3) is 0 Å². The summed E-state index contributed by atoms with van der Waals surface area (Å²) >= 11 is 0. The van der Waals surface area contributed by atoms with E-state index in [9.17, 15) is 17.6 Å². The van der Waals surface area contributed by atoms with Crippen molar-refractivity contribution in [2.75, 3.05) is 11.8 Å². The molecule has 106 valence electrons. The summed E-state index contributed by atoms with van der Waals surface area (Å²) in [4.78, 5) is 13.6. The van der Waals surface area contributed by atoms with E-state index in [0.29, 0.717) is 0 Å². The molecule has 0 saturated carbocycles. The van der Waals surface area contributed by atoms with Crippen LogP contribution in [0.5, 0.6) is 0 Å². The number of esters is 1. The van der Waals surface area contributed by atoms with Crippen molar-refractivity contribution in [1.82, 2.24) is 4.98 Å². The smallest absolute Gasteiger partial charge is 0.354 e. The lowest BCUT2D eigenvalue weighted by Gasteiger charge is -2.05. The average molecular weight is 298 g/mol. The van der Waals surface area contributed by atoms with Crippen LogP contribution in [0.1, 0.15) is 10.5 Å². The highest BCUT2D eigenvalue weighted by atomic mass is 32.2. The number of methoxy groups -OCH3 is 1. The van der Waals surface area contributed by atoms with Gasteiger partial charge in [-0.15, -0.1) is 0 Å². The number of rotatable bonds is 4. The third kappa shape index (κ3) is 2.97. The Balaban J connectivity index is 2.27. The first-order valence-electron chi connectivity index (χ1n) is 5.47. The average Bonchev–Trinajstić information content (AvgIpc) is 2.87. The van der Waals surface area contributed by atoms with Crippen LogP contribution < -0.4 is 4.72 Å². The number of carbonyl (C=O) groups is 1. The van der Waals surface area contributed by atoms with E-state index in [1.54, 1.807) is 0 Å². The maximum absolute atomic E-state index is 13.0. The predicted molar refractivity (Wildman–Crippen MR) is 69.3 cm³/mol. The molecular weight excluding hydrogens is 287 g/mol. The Morgan fingerprint density at radius 1 is 1.35 bits per heavy atom. The zero-order chi connectivity index (χ0) is 14.8. The first-order valence-corrected chi connectivity index (χ1v) is 6.96. The van der Waals surface area contributed by atoms with E-state index >= 15 is 0 Å². The number of aromatic amines is 1. The Morgan fingerprint density at radius 3 is 2.75 bits per heavy atom. The summed E-state index contributed by atoms with van der Waals surface area (Å²) in [5.41, 5.74) is 0.0953. The van der Waals surface area contributed by atoms with Crippen molar-refractivity contribution in [1.29, 1.82) is 0 Å². The van der Waals surface area contributed by atoms with Crippen LogP contribution in [0.4, 0.5) is 10.1 Å². The number of ether oxygens (including phenoxy) is 1. The van der Waals surface area contributed by atoms with Crippen molar-refractivity contribution in [2.24, 2.45) is 0 Å². The van der Waals surface area contributed by atoms with Crippen LogP contribution >= 0.6 is 0 Å². The monoisotopic (exact) mass is 298 g/mol. The zero-order valence-electron chi connectivity index (χ0n) is 10.4. The van der Waals surface area contributed by atoms with Gasteiger partial charge in [0.2, 0.25) is 0 Å². The van der Waals surface area contributed by atoms with Gasteiger partial charge in [0.1, 0.15) is 16.4 Å². The first kappa shape index (κ1) is 14.1. The fourth-order valence-corrected chi connectivity index (χ4v) is 2.57. The molecule has 6 nitrogen and oxygen atoms in total. The highest BCUT2D eigenvalue weighted by Gasteiger charge is 2.19. The van der Waals surface area contributed by atoms with Crippen molar-refractivity contribution in [2.45, 2.75) is 4.90 Å². The topological polar surface area (TPSA) is 88.3 Å². The summed E-state index contributed by atoms with van der Waals surface area (Å²) in [6.45, 7) is 0. The van der Waals surface area contributed by atoms with Gasteiger partial charge in [0, 0.05) is 6.20 Å². The number of nitrogens with one attached hydrogen (secondary N) is 2. The van der Waals surface area contributed by atoms with Crippen LogP contribution in [0.15, 0.2) is 41.4 Å². The fraction of sp³-hybridized carbons (Fsp3) is 0.0833. The van der Waals surface area contributed by atoms with E-state index in [-0.39, 0.29) is 16.3 Å². The van der Waals surface area contributed by atoms with Crippen molar-refractivity contribution < 1.29 is 22.3 Å². The lowest BCUT2D eigenvalue weighted by atomic mass is 10.3. The Morgan fingerprint density at radius 2 is 2.10 bits per heavy atom. The van der Waals surface area contributed by atoms with Gasteiger partial charge in [-0.25, -0.2) is 17.6 Å². The Hall–Kier alpha value is -2.35. The predicted octanol–water partition coefficient (Wildman–Crippen LogP) is 1.74. The molecule has 20 heavy (non-hydrogen) atoms. The number of benzene rings is 1. The Labute approximate surface area is 114 Å². The van der Waals surface area contributed by atoms with Gasteiger partial charge in [-0.05, 0) is 24.3 Å². The zero-order valence-corrected chi connectivity index (χ0v) is 11.2. The molecule has 2 aromatic rings. The highest BCUT2D eigenvalue weighted by molar-refractivity contribution is 7.92. The van der Waals surface area contributed by atoms with E-state index < -0.39 is 21.8 Å². The van der Waals surface area contributed by atoms with Gasteiger partial charge in [0.05, 0.1) is 12.8 Å². The second kappa shape index (κ2) is 5.33. The fourth-order valence-electron chi connectivity index (χ4n) is 1.52. The SMILES string of the molecule is COC(=O)c1cc(S(=O)(=O)Nc2cccc(F)c2)c[nH]1. The van der Waals surface area contributed by atoms with Crippen LogP contribution in [-0.4, -0.2) is 26.5 Å². The number of hydrogen-bond acceptors (Lipinski definition) is 4. The van der Waals surface area contributed by atoms with E-state index in [4.69, 9.17) is 0 Å². The minimum absolute atomic E-state index is 0.00659. The maximum Gasteiger partial charge on any atom is 0.354 e. The molecule has 1 aromatic carbocycles. The number of H-pyrrole nitrogens is 1. The molecule has 2 rings (SSSR count). The molecule has 8 heteroatoms. The molecule has 0 amide bonds. The van der Waals surface area contributed by atoms with Gasteiger partial charge < -0.3 is 9.72 Å². The van der Waals surface area contributed by atoms with Gasteiger partial charge in [-0.2, -0.15) is 0 Å². The molecule has 0 spiro atoms. The minimum Gasteiger partial charge on any atom is -0.464 e. The molecular formula is C12H11FN2O4S. The summed E-state index contributed by atoms with van der Waals surface area (Å²) < 4.78 is 43.7. The van der Waals surface area contributed by atoms with Crippen LogP contribution in [-0.2, 0) is 14.8 Å². The summed E-state index contributed by atoms with van der Waals surface area (Å²) in [6, 6.07) is 6.17. The summed E-state index contributed by atoms with van der Waals surface area (Å²) in [7, 11) is -2.72. The molecule has 1 aromatic heterocycles. The maximum atomic E-state index is 13.0. The number of carbonyl (C=O) groups excluding carboxylic acids is 1. The third-order valence-electron chi connectivity index (χ3n) is 2.45. The van der Waals surface area contributed by atoms with Gasteiger partial charge in [-0.3, -0.25) is 4.72 Å². The summed E-state index contributed by atoms with van der Waals surface area (Å²) in [5, 5.41) is 0. The second-order valence-corrected chi connectivity index (χ2v) is 5.54. The first-order chi connectivity index (χ1) is 9.42. The minimum atomic E-state index is -3.91. The van der Waals surface area contributed by atoms with E-state index in [2.05, 4.69) is 14.4 Å². The summed E-state index contributed by atoms with van der Waals surface area (Å²) in [6.07, 6.45) is 1.15. The van der Waals surface area contributed by atoms with Gasteiger partial charge >= 0.3 is 5.97 Å². The van der Waals surface area contributed by atoms with Crippen molar-refractivity contribution in [3.05, 3.63) is 48.0 Å². The van der Waals surface area contributed by atoms with Crippen LogP contribution in [0.3, 0.4) is 0 Å². The second-order valence-electron chi connectivity index (χ2n) is 3.86. The van der Waals surface area contributed by atoms with E-state index in [1.165, 1.54) is 25.3 Å². The normalized spacial score (nSPS) is 11.1. The molecule has 0 fully saturated rings. The number of hydrogen-bond donors (Lipinski definition) is 2. The van der Waals surface area contributed by atoms with Crippen molar-refractivity contribution in [3.63, 3.8) is 0 Å². The molecule has 1 heterocycles. The van der Waals surface area contributed by atoms with Crippen molar-refractivity contribution >= 4 is 21.7 Å². The largest absolute Gasteiger partial charge is 0.464 e. The number of halogens is 1. The van der Waals surface area contributed by atoms with Gasteiger partial charge in [0.15, 0.2) is 0 Å². The van der Waals surface area contributed by atoms with E-state index in [1.807, 2.05) is 0 Å². The summed E-state index contributed by atoms with van der Waals surface area (Å²) in [5.74, 6) is -1.24. The lowest BCUT2D eigenvalue weighted by molar-refractivity contribution is 0.0595. The van der Waals surface area contributed by atoms with E-state index in [0.717, 1.165) is 18.3 Å².